The van der Waals surface area contributed by atoms with Gasteiger partial charge >= 0.3 is 0 Å². The van der Waals surface area contributed by atoms with Crippen LogP contribution in [0.15, 0.2) is 24.3 Å². The minimum Gasteiger partial charge on any atom is -0.378 e. The fourth-order valence-electron chi connectivity index (χ4n) is 3.05. The molecule has 2 aliphatic heterocycles. The average molecular weight is 317 g/mol. The maximum Gasteiger partial charge on any atom is 0.244 e. The molecule has 0 radical (unpaired) electrons. The molecule has 2 saturated heterocycles. The number of nitrogens with one attached hydrogen (secondary N) is 1. The van der Waals surface area contributed by atoms with Crippen molar-refractivity contribution in [1.29, 1.82) is 0 Å². The van der Waals surface area contributed by atoms with Gasteiger partial charge in [0.15, 0.2) is 0 Å². The van der Waals surface area contributed by atoms with E-state index in [-0.39, 0.29) is 17.9 Å². The van der Waals surface area contributed by atoms with Gasteiger partial charge in [-0.2, -0.15) is 0 Å². The second-order valence-electron chi connectivity index (χ2n) is 6.00. The van der Waals surface area contributed by atoms with Crippen LogP contribution in [0.4, 0.5) is 11.4 Å². The maximum absolute atomic E-state index is 12.4. The minimum absolute atomic E-state index is 0.0796. The fraction of sp³-hybridized carbons (Fsp3) is 0.529. The van der Waals surface area contributed by atoms with E-state index < -0.39 is 0 Å². The number of carbonyl (C=O) groups is 2. The minimum atomic E-state index is -0.308. The predicted molar refractivity (Wildman–Crippen MR) is 88.5 cm³/mol. The van der Waals surface area contributed by atoms with Crippen LogP contribution in [-0.2, 0) is 14.3 Å². The topological polar surface area (TPSA) is 61.9 Å². The first-order chi connectivity index (χ1) is 11.1. The van der Waals surface area contributed by atoms with E-state index in [0.717, 1.165) is 24.3 Å². The number of anilines is 2. The van der Waals surface area contributed by atoms with Crippen LogP contribution in [0.1, 0.15) is 19.8 Å². The third-order valence-corrected chi connectivity index (χ3v) is 4.31. The first-order valence-corrected chi connectivity index (χ1v) is 8.18. The van der Waals surface area contributed by atoms with Gasteiger partial charge < -0.3 is 19.9 Å². The molecule has 23 heavy (non-hydrogen) atoms. The summed E-state index contributed by atoms with van der Waals surface area (Å²) in [6.45, 7) is 5.13. The van der Waals surface area contributed by atoms with Gasteiger partial charge in [-0.05, 0) is 31.5 Å². The second-order valence-corrected chi connectivity index (χ2v) is 6.00. The van der Waals surface area contributed by atoms with Gasteiger partial charge in [-0.1, -0.05) is 6.07 Å². The normalized spacial score (nSPS) is 19.8. The molecule has 6 heteroatoms. The number of morpholine rings is 1. The Morgan fingerprint density at radius 1 is 1.26 bits per heavy atom. The number of hydrogen-bond donors (Lipinski definition) is 1. The van der Waals surface area contributed by atoms with Crippen molar-refractivity contribution in [2.45, 2.75) is 25.8 Å². The second kappa shape index (κ2) is 7.00. The van der Waals surface area contributed by atoms with E-state index >= 15 is 0 Å². The summed E-state index contributed by atoms with van der Waals surface area (Å²) >= 11 is 0. The Morgan fingerprint density at radius 2 is 2.04 bits per heavy atom. The number of amides is 2. The molecule has 3 rings (SSSR count). The van der Waals surface area contributed by atoms with E-state index in [1.165, 1.54) is 0 Å². The molecule has 0 unspecified atom stereocenters. The summed E-state index contributed by atoms with van der Waals surface area (Å²) in [5.41, 5.74) is 1.75. The smallest absolute Gasteiger partial charge is 0.244 e. The summed E-state index contributed by atoms with van der Waals surface area (Å²) in [5, 5.41) is 3.25. The summed E-state index contributed by atoms with van der Waals surface area (Å²) in [5.74, 6) is 0.246. The Kier molecular flexibility index (Phi) is 4.81. The van der Waals surface area contributed by atoms with Gasteiger partial charge in [0.1, 0.15) is 6.04 Å². The van der Waals surface area contributed by atoms with Crippen LogP contribution < -0.4 is 10.2 Å². The molecule has 1 aromatic carbocycles. The van der Waals surface area contributed by atoms with Crippen LogP contribution in [0.5, 0.6) is 0 Å². The summed E-state index contributed by atoms with van der Waals surface area (Å²) in [4.78, 5) is 27.9. The highest BCUT2D eigenvalue weighted by Gasteiger charge is 2.24. The zero-order valence-electron chi connectivity index (χ0n) is 13.5. The number of carbonyl (C=O) groups excluding carboxylic acids is 2. The molecule has 2 aliphatic rings. The molecule has 0 spiro atoms. The molecule has 6 nitrogen and oxygen atoms in total. The van der Waals surface area contributed by atoms with E-state index in [9.17, 15) is 9.59 Å². The summed E-state index contributed by atoms with van der Waals surface area (Å²) < 4.78 is 5.28. The highest BCUT2D eigenvalue weighted by atomic mass is 16.5. The molecular weight excluding hydrogens is 294 g/mol. The zero-order chi connectivity index (χ0) is 16.2. The summed E-state index contributed by atoms with van der Waals surface area (Å²) in [6.07, 6.45) is 1.52. The van der Waals surface area contributed by atoms with Crippen LogP contribution in [0.2, 0.25) is 0 Å². The van der Waals surface area contributed by atoms with E-state index in [2.05, 4.69) is 5.32 Å². The van der Waals surface area contributed by atoms with Crippen molar-refractivity contribution in [2.75, 3.05) is 43.1 Å². The molecule has 0 aromatic heterocycles. The van der Waals surface area contributed by atoms with Gasteiger partial charge in [-0.3, -0.25) is 9.59 Å². The number of benzene rings is 1. The first kappa shape index (κ1) is 15.8. The monoisotopic (exact) mass is 317 g/mol. The third-order valence-electron chi connectivity index (χ3n) is 4.31. The van der Waals surface area contributed by atoms with Crippen LogP contribution in [0, 0.1) is 0 Å². The SMILES string of the molecule is C[C@H](Nc1cccc(N2CCCC2=O)c1)C(=O)N1CCOCC1. The van der Waals surface area contributed by atoms with Crippen molar-refractivity contribution in [3.05, 3.63) is 24.3 Å². The lowest BCUT2D eigenvalue weighted by molar-refractivity contribution is -0.135. The number of nitrogens with zero attached hydrogens (tertiary/aromatic N) is 2. The number of hydrogen-bond acceptors (Lipinski definition) is 4. The Hall–Kier alpha value is -2.08. The van der Waals surface area contributed by atoms with E-state index in [4.69, 9.17) is 4.74 Å². The molecular formula is C17H23N3O3. The Labute approximate surface area is 136 Å². The van der Waals surface area contributed by atoms with Crippen molar-refractivity contribution >= 4 is 23.2 Å². The van der Waals surface area contributed by atoms with Crippen molar-refractivity contribution < 1.29 is 14.3 Å². The lowest BCUT2D eigenvalue weighted by atomic mass is 10.2. The standard InChI is InChI=1S/C17H23N3O3/c1-13(17(22)19-8-10-23-11-9-19)18-14-4-2-5-15(12-14)20-7-3-6-16(20)21/h2,4-5,12-13,18H,3,6-11H2,1H3/t13-/m0/s1. The maximum atomic E-state index is 12.4. The highest BCUT2D eigenvalue weighted by Crippen LogP contribution is 2.24. The fourth-order valence-corrected chi connectivity index (χ4v) is 3.05. The van der Waals surface area contributed by atoms with Gasteiger partial charge in [0.05, 0.1) is 13.2 Å². The van der Waals surface area contributed by atoms with Gasteiger partial charge in [0, 0.05) is 37.4 Å². The lowest BCUT2D eigenvalue weighted by Crippen LogP contribution is -2.47. The van der Waals surface area contributed by atoms with Gasteiger partial charge in [-0.15, -0.1) is 0 Å². The number of ether oxygens (including phenoxy) is 1. The zero-order valence-corrected chi connectivity index (χ0v) is 13.5. The Balaban J connectivity index is 1.65. The molecule has 0 bridgehead atoms. The molecule has 0 aliphatic carbocycles. The van der Waals surface area contributed by atoms with E-state index in [1.54, 1.807) is 4.90 Å². The molecule has 2 amide bonds. The molecule has 1 atom stereocenters. The highest BCUT2D eigenvalue weighted by molar-refractivity contribution is 5.95. The first-order valence-electron chi connectivity index (χ1n) is 8.18. The van der Waals surface area contributed by atoms with Crippen LogP contribution in [0.25, 0.3) is 0 Å². The number of rotatable bonds is 4. The molecule has 1 N–H and O–H groups in total. The molecule has 1 aromatic rings. The summed E-state index contributed by atoms with van der Waals surface area (Å²) in [6, 6.07) is 7.40. The van der Waals surface area contributed by atoms with E-state index in [1.807, 2.05) is 36.1 Å². The lowest BCUT2D eigenvalue weighted by Gasteiger charge is -2.30. The Bertz CT molecular complexity index is 584. The van der Waals surface area contributed by atoms with Crippen molar-refractivity contribution in [1.82, 2.24) is 4.90 Å². The van der Waals surface area contributed by atoms with Crippen LogP contribution in [0.3, 0.4) is 0 Å². The van der Waals surface area contributed by atoms with Crippen LogP contribution >= 0.6 is 0 Å². The third kappa shape index (κ3) is 3.64. The molecule has 0 saturated carbocycles. The van der Waals surface area contributed by atoms with Crippen LogP contribution in [-0.4, -0.2) is 55.6 Å². The van der Waals surface area contributed by atoms with Crippen molar-refractivity contribution in [2.24, 2.45) is 0 Å². The Morgan fingerprint density at radius 3 is 2.74 bits per heavy atom. The van der Waals surface area contributed by atoms with Gasteiger partial charge in [0.2, 0.25) is 11.8 Å². The molecule has 2 fully saturated rings. The van der Waals surface area contributed by atoms with Gasteiger partial charge in [0.25, 0.3) is 0 Å². The van der Waals surface area contributed by atoms with E-state index in [0.29, 0.717) is 32.7 Å². The molecule has 124 valence electrons. The van der Waals surface area contributed by atoms with Crippen molar-refractivity contribution in [3.8, 4) is 0 Å². The molecule has 2 heterocycles. The largest absolute Gasteiger partial charge is 0.378 e. The van der Waals surface area contributed by atoms with Crippen molar-refractivity contribution in [3.63, 3.8) is 0 Å². The average Bonchev–Trinajstić information content (AvgIpc) is 3.01. The summed E-state index contributed by atoms with van der Waals surface area (Å²) in [7, 11) is 0. The predicted octanol–water partition coefficient (Wildman–Crippen LogP) is 1.47. The van der Waals surface area contributed by atoms with Gasteiger partial charge in [-0.25, -0.2) is 0 Å². The quantitative estimate of drug-likeness (QED) is 0.913.